The molecule has 0 bridgehead atoms. The normalized spacial score (nSPS) is 17.1. The third kappa shape index (κ3) is 7.30. The molecule has 0 aromatic heterocycles. The van der Waals surface area contributed by atoms with Crippen LogP contribution in [-0.2, 0) is 11.0 Å². The Morgan fingerprint density at radius 3 is 2.39 bits per heavy atom. The Morgan fingerprint density at radius 1 is 1.02 bits per heavy atom. The number of fused-ring (bicyclic) bond motifs is 1. The maximum Gasteiger partial charge on any atom is 1.00 e. The number of carbonyl (C=O) groups is 2. The number of carboxylic acids is 1. The summed E-state index contributed by atoms with van der Waals surface area (Å²) in [6.45, 7) is 1.28. The maximum atomic E-state index is 13.0. The molecule has 0 radical (unpaired) electrons. The summed E-state index contributed by atoms with van der Waals surface area (Å²) in [6, 6.07) is 14.7. The van der Waals surface area contributed by atoms with Crippen molar-refractivity contribution in [3.05, 3.63) is 82.4 Å². The number of carboxylic acid groups (broad SMARTS) is 1. The molecule has 2 aliphatic heterocycles. The zero-order valence-electron chi connectivity index (χ0n) is 22.2. The predicted molar refractivity (Wildman–Crippen MR) is 140 cm³/mol. The average molecular weight is 597 g/mol. The molecule has 1 saturated heterocycles. The number of piperidine rings is 1. The second kappa shape index (κ2) is 12.9. The minimum atomic E-state index is -4.40. The molecule has 1 N–H and O–H groups in total. The van der Waals surface area contributed by atoms with Gasteiger partial charge in [-0.2, -0.15) is 13.2 Å². The Balaban J connectivity index is 0.00000387. The fourth-order valence-electron chi connectivity index (χ4n) is 4.94. The van der Waals surface area contributed by atoms with Crippen LogP contribution in [0.2, 0.25) is 5.02 Å². The molecule has 1 amide bonds. The topological polar surface area (TPSA) is 90.9 Å². The largest absolute Gasteiger partial charge is 1.00 e. The van der Waals surface area contributed by atoms with Crippen molar-refractivity contribution >= 4 is 29.2 Å². The van der Waals surface area contributed by atoms with Gasteiger partial charge in [-0.1, -0.05) is 17.7 Å². The standard InChI is InChI=1S/C29H26ClF3N2O5.Na/c30-24-15-23-22(28(37)38)10-13-39-25(23)16-26(24)40-21-6-4-17(5-7-21)27(36)34-19-8-11-35(12-9-19)20-3-1-2-18(14-20)29(31,32)33;/h1-7,14-16,19,22H,8-13H2,(H,34,36)(H,37,38);/q;+1/p-1. The molecular formula is C29H25ClF3N2NaO5. The second-order valence-electron chi connectivity index (χ2n) is 9.74. The van der Waals surface area contributed by atoms with Gasteiger partial charge in [-0.25, -0.2) is 0 Å². The van der Waals surface area contributed by atoms with E-state index < -0.39 is 23.6 Å². The van der Waals surface area contributed by atoms with Gasteiger partial charge in [-0.05, 0) is 67.8 Å². The number of nitrogens with zero attached hydrogens (tertiary/aromatic N) is 1. The molecule has 5 rings (SSSR count). The molecule has 12 heteroatoms. The molecule has 2 heterocycles. The van der Waals surface area contributed by atoms with Gasteiger partial charge in [0.1, 0.15) is 17.2 Å². The second-order valence-corrected chi connectivity index (χ2v) is 10.1. The van der Waals surface area contributed by atoms with Crippen molar-refractivity contribution in [2.24, 2.45) is 0 Å². The Bertz CT molecular complexity index is 1410. The van der Waals surface area contributed by atoms with Crippen LogP contribution >= 0.6 is 11.6 Å². The number of benzene rings is 3. The van der Waals surface area contributed by atoms with Gasteiger partial charge >= 0.3 is 35.7 Å². The van der Waals surface area contributed by atoms with E-state index in [4.69, 9.17) is 21.1 Å². The summed E-state index contributed by atoms with van der Waals surface area (Å²) in [5.41, 5.74) is 0.694. The maximum absolute atomic E-state index is 13.0. The molecule has 1 atom stereocenters. The van der Waals surface area contributed by atoms with Gasteiger partial charge in [-0.15, -0.1) is 0 Å². The van der Waals surface area contributed by atoms with E-state index in [9.17, 15) is 27.9 Å². The molecule has 0 spiro atoms. The number of hydrogen-bond acceptors (Lipinski definition) is 6. The van der Waals surface area contributed by atoms with Crippen LogP contribution in [0.15, 0.2) is 60.7 Å². The number of halogens is 4. The molecule has 3 aromatic rings. The number of nitrogens with one attached hydrogen (secondary N) is 1. The van der Waals surface area contributed by atoms with E-state index in [2.05, 4.69) is 5.32 Å². The van der Waals surface area contributed by atoms with Crippen LogP contribution < -0.4 is 54.4 Å². The van der Waals surface area contributed by atoms with Gasteiger partial charge in [0.2, 0.25) is 0 Å². The van der Waals surface area contributed by atoms with Crippen molar-refractivity contribution in [2.45, 2.75) is 37.4 Å². The number of rotatable bonds is 6. The minimum Gasteiger partial charge on any atom is -0.549 e. The van der Waals surface area contributed by atoms with E-state index >= 15 is 0 Å². The predicted octanol–water partition coefficient (Wildman–Crippen LogP) is 2.17. The first-order chi connectivity index (χ1) is 19.1. The van der Waals surface area contributed by atoms with E-state index in [0.717, 1.165) is 12.1 Å². The summed E-state index contributed by atoms with van der Waals surface area (Å²) in [4.78, 5) is 26.1. The van der Waals surface area contributed by atoms with E-state index in [1.54, 1.807) is 36.4 Å². The van der Waals surface area contributed by atoms with Crippen molar-refractivity contribution in [2.75, 3.05) is 24.6 Å². The van der Waals surface area contributed by atoms with Crippen LogP contribution in [0.1, 0.15) is 46.7 Å². The number of alkyl halides is 3. The Labute approximate surface area is 261 Å². The van der Waals surface area contributed by atoms with Gasteiger partial charge < -0.3 is 29.6 Å². The first kappa shape index (κ1) is 31.0. The summed E-state index contributed by atoms with van der Waals surface area (Å²) in [5.74, 6) is -1.19. The van der Waals surface area contributed by atoms with Crippen LogP contribution in [0.5, 0.6) is 17.2 Å². The van der Waals surface area contributed by atoms with E-state index in [0.29, 0.717) is 60.7 Å². The Morgan fingerprint density at radius 2 is 1.73 bits per heavy atom. The molecule has 41 heavy (non-hydrogen) atoms. The van der Waals surface area contributed by atoms with Crippen molar-refractivity contribution in [3.8, 4) is 17.2 Å². The van der Waals surface area contributed by atoms with E-state index in [1.807, 2.05) is 4.90 Å². The van der Waals surface area contributed by atoms with Crippen molar-refractivity contribution in [3.63, 3.8) is 0 Å². The molecule has 3 aromatic carbocycles. The molecule has 0 aliphatic carbocycles. The number of anilines is 1. The number of carbonyl (C=O) groups excluding carboxylic acids is 2. The SMILES string of the molecule is O=C(NC1CCN(c2cccc(C(F)(F)F)c2)CC1)c1ccc(Oc2cc3c(cc2Cl)C(C(=O)[O-])CCO3)cc1.[Na+]. The summed E-state index contributed by atoms with van der Waals surface area (Å²) in [6.07, 6.45) is -2.90. The van der Waals surface area contributed by atoms with Crippen LogP contribution in [0.4, 0.5) is 18.9 Å². The first-order valence-corrected chi connectivity index (χ1v) is 13.1. The molecular weight excluding hydrogens is 572 g/mol. The molecule has 1 fully saturated rings. The monoisotopic (exact) mass is 596 g/mol. The van der Waals surface area contributed by atoms with Crippen molar-refractivity contribution in [1.29, 1.82) is 0 Å². The third-order valence-electron chi connectivity index (χ3n) is 7.10. The number of hydrogen-bond donors (Lipinski definition) is 1. The van der Waals surface area contributed by atoms with Gasteiger partial charge in [0, 0.05) is 53.9 Å². The van der Waals surface area contributed by atoms with Crippen LogP contribution in [-0.4, -0.2) is 37.6 Å². The summed E-state index contributed by atoms with van der Waals surface area (Å²) in [7, 11) is 0. The van der Waals surface area contributed by atoms with Gasteiger partial charge in [-0.3, -0.25) is 4.79 Å². The zero-order valence-corrected chi connectivity index (χ0v) is 24.9. The van der Waals surface area contributed by atoms with Crippen LogP contribution in [0.25, 0.3) is 0 Å². The molecule has 2 aliphatic rings. The number of ether oxygens (including phenoxy) is 2. The van der Waals surface area contributed by atoms with E-state index in [-0.39, 0.29) is 58.9 Å². The number of amides is 1. The zero-order chi connectivity index (χ0) is 28.4. The Kier molecular flexibility index (Phi) is 9.79. The van der Waals surface area contributed by atoms with E-state index in [1.165, 1.54) is 12.1 Å². The van der Waals surface area contributed by atoms with Gasteiger partial charge in [0.15, 0.2) is 0 Å². The first-order valence-electron chi connectivity index (χ1n) is 12.8. The fourth-order valence-corrected chi connectivity index (χ4v) is 5.15. The smallest absolute Gasteiger partial charge is 0.549 e. The Hall–Kier alpha value is -2.92. The third-order valence-corrected chi connectivity index (χ3v) is 7.40. The minimum absolute atomic E-state index is 0. The van der Waals surface area contributed by atoms with Crippen LogP contribution in [0, 0.1) is 0 Å². The molecule has 210 valence electrons. The average Bonchev–Trinajstić information content (AvgIpc) is 2.93. The quantitative estimate of drug-likeness (QED) is 0.439. The van der Waals surface area contributed by atoms with Crippen molar-refractivity contribution < 1.29 is 66.9 Å². The molecule has 0 saturated carbocycles. The summed E-state index contributed by atoms with van der Waals surface area (Å²) < 4.78 is 50.6. The van der Waals surface area contributed by atoms with Crippen molar-refractivity contribution in [1.82, 2.24) is 5.32 Å². The van der Waals surface area contributed by atoms with Gasteiger partial charge in [0.05, 0.1) is 17.2 Å². The summed E-state index contributed by atoms with van der Waals surface area (Å²) in [5, 5.41) is 14.6. The van der Waals surface area contributed by atoms with Gasteiger partial charge in [0.25, 0.3) is 5.91 Å². The number of aliphatic carboxylic acids is 1. The van der Waals surface area contributed by atoms with Crippen LogP contribution in [0.3, 0.4) is 0 Å². The molecule has 1 unspecified atom stereocenters. The summed E-state index contributed by atoms with van der Waals surface area (Å²) >= 11 is 6.34. The fraction of sp³-hybridized carbons (Fsp3) is 0.310. The molecule has 7 nitrogen and oxygen atoms in total.